The van der Waals surface area contributed by atoms with Gasteiger partial charge >= 0.3 is 0 Å². The molecule has 0 bridgehead atoms. The lowest BCUT2D eigenvalue weighted by atomic mass is 9.74. The topological polar surface area (TPSA) is 70.1 Å². The van der Waals surface area contributed by atoms with Gasteiger partial charge in [-0.2, -0.15) is 0 Å². The SMILES string of the molecule is NC(=O)c1ccc(-c2nccn2CC2(c3cccc(F)c3)CCOCC2)cc1. The van der Waals surface area contributed by atoms with Crippen LogP contribution in [0.3, 0.4) is 0 Å². The second-order valence-electron chi connectivity index (χ2n) is 7.22. The number of imidazole rings is 1. The Kier molecular flexibility index (Phi) is 4.96. The molecule has 1 fully saturated rings. The lowest BCUT2D eigenvalue weighted by molar-refractivity contribution is 0.0435. The summed E-state index contributed by atoms with van der Waals surface area (Å²) < 4.78 is 21.6. The van der Waals surface area contributed by atoms with E-state index in [1.807, 2.05) is 24.4 Å². The Balaban J connectivity index is 1.69. The normalized spacial score (nSPS) is 16.0. The Morgan fingerprint density at radius 3 is 2.61 bits per heavy atom. The summed E-state index contributed by atoms with van der Waals surface area (Å²) in [6.45, 7) is 1.97. The minimum atomic E-state index is -0.456. The smallest absolute Gasteiger partial charge is 0.248 e. The largest absolute Gasteiger partial charge is 0.381 e. The molecule has 1 aliphatic heterocycles. The van der Waals surface area contributed by atoms with E-state index in [0.29, 0.717) is 25.3 Å². The van der Waals surface area contributed by atoms with Crippen molar-refractivity contribution < 1.29 is 13.9 Å². The number of nitrogens with two attached hydrogens (primary N) is 1. The predicted octanol–water partition coefficient (Wildman–Crippen LogP) is 3.54. The van der Waals surface area contributed by atoms with Crippen LogP contribution in [0, 0.1) is 5.82 Å². The Morgan fingerprint density at radius 2 is 1.93 bits per heavy atom. The van der Waals surface area contributed by atoms with E-state index in [1.54, 1.807) is 30.5 Å². The molecule has 4 rings (SSSR count). The van der Waals surface area contributed by atoms with E-state index in [2.05, 4.69) is 9.55 Å². The van der Waals surface area contributed by atoms with Crippen LogP contribution in [-0.2, 0) is 16.7 Å². The van der Waals surface area contributed by atoms with Gasteiger partial charge in [0.05, 0.1) is 0 Å². The summed E-state index contributed by atoms with van der Waals surface area (Å²) in [5.74, 6) is 0.122. The van der Waals surface area contributed by atoms with Gasteiger partial charge in [-0.1, -0.05) is 24.3 Å². The summed E-state index contributed by atoms with van der Waals surface area (Å²) >= 11 is 0. The van der Waals surface area contributed by atoms with E-state index in [9.17, 15) is 9.18 Å². The van der Waals surface area contributed by atoms with E-state index in [4.69, 9.17) is 10.5 Å². The molecule has 6 heteroatoms. The third-order valence-electron chi connectivity index (χ3n) is 5.50. The maximum Gasteiger partial charge on any atom is 0.248 e. The summed E-state index contributed by atoms with van der Waals surface area (Å²) in [7, 11) is 0. The van der Waals surface area contributed by atoms with Gasteiger partial charge in [-0.05, 0) is 42.7 Å². The van der Waals surface area contributed by atoms with Gasteiger partial charge in [-0.15, -0.1) is 0 Å². The van der Waals surface area contributed by atoms with Crippen LogP contribution >= 0.6 is 0 Å². The molecule has 1 amide bonds. The second-order valence-corrected chi connectivity index (χ2v) is 7.22. The molecule has 5 nitrogen and oxygen atoms in total. The number of carbonyl (C=O) groups is 1. The van der Waals surface area contributed by atoms with Crippen LogP contribution in [0.15, 0.2) is 60.9 Å². The molecule has 0 aliphatic carbocycles. The second kappa shape index (κ2) is 7.56. The van der Waals surface area contributed by atoms with Crippen molar-refractivity contribution in [1.29, 1.82) is 0 Å². The maximum absolute atomic E-state index is 13.9. The minimum absolute atomic E-state index is 0.219. The monoisotopic (exact) mass is 379 g/mol. The Hall–Kier alpha value is -2.99. The first-order valence-electron chi connectivity index (χ1n) is 9.33. The first kappa shape index (κ1) is 18.4. The highest BCUT2D eigenvalue weighted by atomic mass is 19.1. The van der Waals surface area contributed by atoms with Crippen molar-refractivity contribution in [2.24, 2.45) is 5.73 Å². The number of hydrogen-bond donors (Lipinski definition) is 1. The third kappa shape index (κ3) is 3.55. The molecule has 0 spiro atoms. The Morgan fingerprint density at radius 1 is 1.18 bits per heavy atom. The number of nitrogens with zero attached hydrogens (tertiary/aromatic N) is 2. The minimum Gasteiger partial charge on any atom is -0.381 e. The zero-order chi connectivity index (χ0) is 19.6. The number of rotatable bonds is 5. The molecule has 28 heavy (non-hydrogen) atoms. The van der Waals surface area contributed by atoms with Gasteiger partial charge in [-0.3, -0.25) is 4.79 Å². The van der Waals surface area contributed by atoms with Crippen LogP contribution in [-0.4, -0.2) is 28.7 Å². The van der Waals surface area contributed by atoms with E-state index in [-0.39, 0.29) is 11.2 Å². The number of aromatic nitrogens is 2. The fourth-order valence-electron chi connectivity index (χ4n) is 3.93. The third-order valence-corrected chi connectivity index (χ3v) is 5.50. The number of primary amides is 1. The molecule has 0 saturated carbocycles. The van der Waals surface area contributed by atoms with Crippen LogP contribution in [0.2, 0.25) is 0 Å². The van der Waals surface area contributed by atoms with Gasteiger partial charge in [0.1, 0.15) is 11.6 Å². The van der Waals surface area contributed by atoms with Gasteiger partial charge in [0.15, 0.2) is 0 Å². The number of benzene rings is 2. The standard InChI is InChI=1S/C22H22FN3O2/c23-19-3-1-2-18(14-19)22(8-12-28-13-9-22)15-26-11-10-25-21(26)17-6-4-16(5-7-17)20(24)27/h1-7,10-11,14H,8-9,12-13,15H2,(H2,24,27). The highest BCUT2D eigenvalue weighted by Crippen LogP contribution is 2.38. The molecule has 0 radical (unpaired) electrons. The molecule has 0 unspecified atom stereocenters. The maximum atomic E-state index is 13.9. The van der Waals surface area contributed by atoms with E-state index in [0.717, 1.165) is 29.8 Å². The first-order valence-corrected chi connectivity index (χ1v) is 9.33. The van der Waals surface area contributed by atoms with Gasteiger partial charge in [0, 0.05) is 48.7 Å². The van der Waals surface area contributed by atoms with Gasteiger partial charge in [0.25, 0.3) is 0 Å². The molecule has 0 atom stereocenters. The number of hydrogen-bond acceptors (Lipinski definition) is 3. The van der Waals surface area contributed by atoms with Crippen molar-refractivity contribution in [2.45, 2.75) is 24.8 Å². The summed E-state index contributed by atoms with van der Waals surface area (Å²) in [6.07, 6.45) is 5.33. The number of ether oxygens (including phenoxy) is 1. The van der Waals surface area contributed by atoms with Crippen LogP contribution in [0.5, 0.6) is 0 Å². The van der Waals surface area contributed by atoms with E-state index >= 15 is 0 Å². The molecule has 2 aromatic carbocycles. The molecule has 1 saturated heterocycles. The van der Waals surface area contributed by atoms with Crippen molar-refractivity contribution in [3.8, 4) is 11.4 Å². The zero-order valence-corrected chi connectivity index (χ0v) is 15.5. The van der Waals surface area contributed by atoms with Gasteiger partial charge < -0.3 is 15.0 Å². The van der Waals surface area contributed by atoms with Crippen molar-refractivity contribution >= 4 is 5.91 Å². The fraction of sp³-hybridized carbons (Fsp3) is 0.273. The molecular weight excluding hydrogens is 357 g/mol. The van der Waals surface area contributed by atoms with Crippen LogP contribution in [0.25, 0.3) is 11.4 Å². The molecular formula is C22H22FN3O2. The molecule has 144 valence electrons. The zero-order valence-electron chi connectivity index (χ0n) is 15.5. The number of amides is 1. The highest BCUT2D eigenvalue weighted by molar-refractivity contribution is 5.93. The van der Waals surface area contributed by atoms with Crippen LogP contribution < -0.4 is 5.73 Å². The van der Waals surface area contributed by atoms with Crippen molar-refractivity contribution in [2.75, 3.05) is 13.2 Å². The van der Waals surface area contributed by atoms with Crippen molar-refractivity contribution in [3.05, 3.63) is 77.9 Å². The average molecular weight is 379 g/mol. The number of halogens is 1. The summed E-state index contributed by atoms with van der Waals surface area (Å²) in [6, 6.07) is 13.9. The first-order chi connectivity index (χ1) is 13.6. The number of carbonyl (C=O) groups excluding carboxylic acids is 1. The van der Waals surface area contributed by atoms with Crippen LogP contribution in [0.1, 0.15) is 28.8 Å². The Bertz CT molecular complexity index is 975. The Labute approximate surface area is 163 Å². The molecule has 1 aromatic heterocycles. The summed E-state index contributed by atoms with van der Waals surface area (Å²) in [5, 5.41) is 0. The van der Waals surface area contributed by atoms with Gasteiger partial charge in [0.2, 0.25) is 5.91 Å². The van der Waals surface area contributed by atoms with Crippen molar-refractivity contribution in [1.82, 2.24) is 9.55 Å². The highest BCUT2D eigenvalue weighted by Gasteiger charge is 2.35. The summed E-state index contributed by atoms with van der Waals surface area (Å²) in [5.41, 5.74) is 7.45. The lowest BCUT2D eigenvalue weighted by Gasteiger charge is -2.38. The summed E-state index contributed by atoms with van der Waals surface area (Å²) in [4.78, 5) is 15.8. The fourth-order valence-corrected chi connectivity index (χ4v) is 3.93. The molecule has 1 aliphatic rings. The molecule has 2 heterocycles. The van der Waals surface area contributed by atoms with Gasteiger partial charge in [-0.25, -0.2) is 9.37 Å². The van der Waals surface area contributed by atoms with E-state index < -0.39 is 5.91 Å². The molecule has 3 aromatic rings. The average Bonchev–Trinajstić information content (AvgIpc) is 3.16. The lowest BCUT2D eigenvalue weighted by Crippen LogP contribution is -2.38. The van der Waals surface area contributed by atoms with Crippen LogP contribution in [0.4, 0.5) is 4.39 Å². The molecule has 2 N–H and O–H groups in total. The predicted molar refractivity (Wildman–Crippen MR) is 104 cm³/mol. The van der Waals surface area contributed by atoms with Crippen molar-refractivity contribution in [3.63, 3.8) is 0 Å². The van der Waals surface area contributed by atoms with E-state index in [1.165, 1.54) is 6.07 Å². The quantitative estimate of drug-likeness (QED) is 0.737.